The van der Waals surface area contributed by atoms with Crippen molar-refractivity contribution in [3.8, 4) is 5.75 Å². The zero-order valence-electron chi connectivity index (χ0n) is 17.2. The van der Waals surface area contributed by atoms with Crippen molar-refractivity contribution in [3.05, 3.63) is 76.6 Å². The largest absolute Gasteiger partial charge is 0.497 e. The number of methoxy groups -OCH3 is 1. The first-order valence-electron chi connectivity index (χ1n) is 9.55. The van der Waals surface area contributed by atoms with Crippen LogP contribution in [-0.2, 0) is 6.42 Å². The molecule has 0 saturated heterocycles. The number of carbonyl (C=O) groups is 1. The van der Waals surface area contributed by atoms with Gasteiger partial charge in [-0.15, -0.1) is 0 Å². The Hall–Kier alpha value is -3.41. The minimum Gasteiger partial charge on any atom is -0.497 e. The fourth-order valence-electron chi connectivity index (χ4n) is 3.05. The Balaban J connectivity index is 1.65. The fraction of sp³-hybridized carbons (Fsp3) is 0.261. The maximum atomic E-state index is 12.6. The van der Waals surface area contributed by atoms with E-state index in [0.717, 1.165) is 28.3 Å². The number of anilines is 2. The summed E-state index contributed by atoms with van der Waals surface area (Å²) in [7, 11) is 1.64. The molecule has 0 bridgehead atoms. The molecule has 3 aromatic rings. The Kier molecular flexibility index (Phi) is 6.44. The van der Waals surface area contributed by atoms with Crippen LogP contribution < -0.4 is 15.4 Å². The van der Waals surface area contributed by atoms with E-state index in [1.165, 1.54) is 5.56 Å². The number of nitrogens with zero attached hydrogens (tertiary/aromatic N) is 2. The zero-order valence-corrected chi connectivity index (χ0v) is 17.2. The van der Waals surface area contributed by atoms with Crippen molar-refractivity contribution >= 4 is 17.5 Å². The number of ether oxygens (including phenoxy) is 1. The SMILES string of the molecule is COc1cccc(CCNC(=O)c2cc(C)nc(Nc3ccc(C)cc3C)n2)c1. The van der Waals surface area contributed by atoms with Gasteiger partial charge in [0, 0.05) is 17.9 Å². The third-order valence-electron chi connectivity index (χ3n) is 4.55. The standard InChI is InChI=1S/C23H26N4O2/c1-15-8-9-20(16(2)12-15)26-23-25-17(3)13-21(27-23)22(28)24-11-10-18-6-5-7-19(14-18)29-4/h5-9,12-14H,10-11H2,1-4H3,(H,24,28)(H,25,26,27). The van der Waals surface area contributed by atoms with Crippen molar-refractivity contribution in [2.75, 3.05) is 19.0 Å². The number of carbonyl (C=O) groups excluding carboxylic acids is 1. The summed E-state index contributed by atoms with van der Waals surface area (Å²) in [6.45, 7) is 6.43. The topological polar surface area (TPSA) is 76.1 Å². The molecule has 0 radical (unpaired) electrons. The lowest BCUT2D eigenvalue weighted by Crippen LogP contribution is -2.27. The first-order valence-corrected chi connectivity index (χ1v) is 9.55. The second-order valence-corrected chi connectivity index (χ2v) is 7.02. The van der Waals surface area contributed by atoms with Crippen LogP contribution >= 0.6 is 0 Å². The van der Waals surface area contributed by atoms with E-state index >= 15 is 0 Å². The lowest BCUT2D eigenvalue weighted by atomic mass is 10.1. The minimum absolute atomic E-state index is 0.220. The van der Waals surface area contributed by atoms with E-state index in [9.17, 15) is 4.79 Å². The quantitative estimate of drug-likeness (QED) is 0.634. The molecular weight excluding hydrogens is 364 g/mol. The summed E-state index contributed by atoms with van der Waals surface area (Å²) in [4.78, 5) is 21.4. The first kappa shape index (κ1) is 20.3. The second kappa shape index (κ2) is 9.19. The molecule has 1 aromatic heterocycles. The Labute approximate surface area is 171 Å². The van der Waals surface area contributed by atoms with Gasteiger partial charge in [-0.05, 0) is 62.6 Å². The highest BCUT2D eigenvalue weighted by Gasteiger charge is 2.11. The lowest BCUT2D eigenvalue weighted by molar-refractivity contribution is 0.0949. The van der Waals surface area contributed by atoms with Gasteiger partial charge in [-0.2, -0.15) is 0 Å². The molecule has 29 heavy (non-hydrogen) atoms. The maximum absolute atomic E-state index is 12.6. The number of benzene rings is 2. The van der Waals surface area contributed by atoms with Crippen LogP contribution in [0.1, 0.15) is 32.9 Å². The molecule has 0 spiro atoms. The molecule has 1 heterocycles. The highest BCUT2D eigenvalue weighted by Crippen LogP contribution is 2.20. The van der Waals surface area contributed by atoms with Gasteiger partial charge in [-0.25, -0.2) is 9.97 Å². The maximum Gasteiger partial charge on any atom is 0.270 e. The van der Waals surface area contributed by atoms with Crippen molar-refractivity contribution in [2.24, 2.45) is 0 Å². The van der Waals surface area contributed by atoms with Crippen molar-refractivity contribution in [2.45, 2.75) is 27.2 Å². The van der Waals surface area contributed by atoms with E-state index in [-0.39, 0.29) is 5.91 Å². The highest BCUT2D eigenvalue weighted by atomic mass is 16.5. The van der Waals surface area contributed by atoms with Gasteiger partial charge in [0.25, 0.3) is 5.91 Å². The van der Waals surface area contributed by atoms with Crippen LogP contribution in [0.25, 0.3) is 0 Å². The number of aromatic nitrogens is 2. The van der Waals surface area contributed by atoms with Gasteiger partial charge in [0.1, 0.15) is 11.4 Å². The number of aryl methyl sites for hydroxylation is 3. The van der Waals surface area contributed by atoms with E-state index < -0.39 is 0 Å². The van der Waals surface area contributed by atoms with Crippen LogP contribution in [0.5, 0.6) is 5.75 Å². The van der Waals surface area contributed by atoms with Gasteiger partial charge in [-0.3, -0.25) is 4.79 Å². The van der Waals surface area contributed by atoms with Crippen LogP contribution in [0.4, 0.5) is 11.6 Å². The smallest absolute Gasteiger partial charge is 0.270 e. The molecular formula is C23H26N4O2. The van der Waals surface area contributed by atoms with E-state index in [2.05, 4.69) is 26.7 Å². The number of hydrogen-bond donors (Lipinski definition) is 2. The summed E-state index contributed by atoms with van der Waals surface area (Å²) in [6, 6.07) is 15.6. The summed E-state index contributed by atoms with van der Waals surface area (Å²) in [6.07, 6.45) is 0.709. The molecule has 0 aliphatic rings. The molecule has 0 fully saturated rings. The Morgan fingerprint density at radius 1 is 1.03 bits per heavy atom. The van der Waals surface area contributed by atoms with Crippen LogP contribution in [0.2, 0.25) is 0 Å². The van der Waals surface area contributed by atoms with Gasteiger partial charge < -0.3 is 15.4 Å². The van der Waals surface area contributed by atoms with E-state index in [1.807, 2.05) is 57.2 Å². The van der Waals surface area contributed by atoms with Crippen molar-refractivity contribution < 1.29 is 9.53 Å². The third kappa shape index (κ3) is 5.54. The third-order valence-corrected chi connectivity index (χ3v) is 4.55. The molecule has 0 aliphatic carbocycles. The number of nitrogens with one attached hydrogen (secondary N) is 2. The van der Waals surface area contributed by atoms with Crippen LogP contribution in [0, 0.1) is 20.8 Å². The number of hydrogen-bond acceptors (Lipinski definition) is 5. The predicted octanol–water partition coefficient (Wildman–Crippen LogP) is 4.13. The molecule has 3 rings (SSSR count). The van der Waals surface area contributed by atoms with E-state index in [1.54, 1.807) is 13.2 Å². The fourth-order valence-corrected chi connectivity index (χ4v) is 3.05. The molecule has 6 nitrogen and oxygen atoms in total. The van der Waals surface area contributed by atoms with Gasteiger partial charge in [0.2, 0.25) is 5.95 Å². The zero-order chi connectivity index (χ0) is 20.8. The molecule has 1 amide bonds. The van der Waals surface area contributed by atoms with Crippen LogP contribution in [0.3, 0.4) is 0 Å². The lowest BCUT2D eigenvalue weighted by Gasteiger charge is -2.11. The summed E-state index contributed by atoms with van der Waals surface area (Å²) in [5, 5.41) is 6.14. The van der Waals surface area contributed by atoms with Crippen LogP contribution in [-0.4, -0.2) is 29.5 Å². The number of rotatable bonds is 7. The average Bonchev–Trinajstić information content (AvgIpc) is 2.70. The molecule has 0 saturated carbocycles. The normalized spacial score (nSPS) is 10.5. The van der Waals surface area contributed by atoms with Crippen molar-refractivity contribution in [1.82, 2.24) is 15.3 Å². The molecule has 2 aromatic carbocycles. The van der Waals surface area contributed by atoms with Gasteiger partial charge in [0.05, 0.1) is 7.11 Å². The monoisotopic (exact) mass is 390 g/mol. The highest BCUT2D eigenvalue weighted by molar-refractivity contribution is 5.92. The molecule has 0 atom stereocenters. The van der Waals surface area contributed by atoms with E-state index in [4.69, 9.17) is 4.74 Å². The second-order valence-electron chi connectivity index (χ2n) is 7.02. The summed E-state index contributed by atoms with van der Waals surface area (Å²) in [5.74, 6) is 0.999. The van der Waals surface area contributed by atoms with Gasteiger partial charge >= 0.3 is 0 Å². The van der Waals surface area contributed by atoms with Crippen molar-refractivity contribution in [1.29, 1.82) is 0 Å². The average molecular weight is 390 g/mol. The molecule has 6 heteroatoms. The van der Waals surface area contributed by atoms with E-state index in [0.29, 0.717) is 24.6 Å². The summed E-state index contributed by atoms with van der Waals surface area (Å²) < 4.78 is 5.23. The molecule has 150 valence electrons. The van der Waals surface area contributed by atoms with Gasteiger partial charge in [0.15, 0.2) is 0 Å². The van der Waals surface area contributed by atoms with Gasteiger partial charge in [-0.1, -0.05) is 29.8 Å². The molecule has 0 unspecified atom stereocenters. The Bertz CT molecular complexity index is 1020. The first-order chi connectivity index (χ1) is 13.9. The number of amides is 1. The predicted molar refractivity (Wildman–Crippen MR) is 115 cm³/mol. The summed E-state index contributed by atoms with van der Waals surface area (Å²) >= 11 is 0. The van der Waals surface area contributed by atoms with Crippen LogP contribution in [0.15, 0.2) is 48.5 Å². The molecule has 2 N–H and O–H groups in total. The Morgan fingerprint density at radius 3 is 2.62 bits per heavy atom. The minimum atomic E-state index is -0.220. The Morgan fingerprint density at radius 2 is 1.86 bits per heavy atom. The van der Waals surface area contributed by atoms with Crippen molar-refractivity contribution in [3.63, 3.8) is 0 Å². The molecule has 0 aliphatic heterocycles. The summed E-state index contributed by atoms with van der Waals surface area (Å²) in [5.41, 5.74) is 5.38.